The van der Waals surface area contributed by atoms with Crippen molar-refractivity contribution in [3.8, 4) is 0 Å². The highest BCUT2D eigenvalue weighted by atomic mass is 35.5. The van der Waals surface area contributed by atoms with Crippen molar-refractivity contribution >= 4 is 23.2 Å². The van der Waals surface area contributed by atoms with E-state index in [1.807, 2.05) is 6.07 Å². The first-order chi connectivity index (χ1) is 7.18. The molecule has 0 bridgehead atoms. The first-order valence-electron chi connectivity index (χ1n) is 4.35. The Balaban J connectivity index is 2.37. The molecular weight excluding hydrogens is 235 g/mol. The van der Waals surface area contributed by atoms with Gasteiger partial charge in [0, 0.05) is 12.4 Å². The molecule has 3 nitrogen and oxygen atoms in total. The van der Waals surface area contributed by atoms with Gasteiger partial charge in [-0.25, -0.2) is 4.79 Å². The Labute approximate surface area is 96.3 Å². The van der Waals surface area contributed by atoms with Crippen LogP contribution in [0.25, 0.3) is 0 Å². The Morgan fingerprint density at radius 1 is 1.33 bits per heavy atom. The van der Waals surface area contributed by atoms with Gasteiger partial charge in [0.2, 0.25) is 0 Å². The molecule has 0 unspecified atom stereocenters. The number of benzene rings is 1. The van der Waals surface area contributed by atoms with Gasteiger partial charge < -0.3 is 4.98 Å². The van der Waals surface area contributed by atoms with Gasteiger partial charge in [0.05, 0.1) is 16.6 Å². The van der Waals surface area contributed by atoms with E-state index in [0.29, 0.717) is 16.6 Å². The highest BCUT2D eigenvalue weighted by molar-refractivity contribution is 6.42. The van der Waals surface area contributed by atoms with Gasteiger partial charge in [-0.2, -0.15) is 0 Å². The van der Waals surface area contributed by atoms with E-state index in [1.165, 1.54) is 4.57 Å². The van der Waals surface area contributed by atoms with Gasteiger partial charge in [-0.05, 0) is 11.6 Å². The number of H-pyrrole nitrogens is 1. The summed E-state index contributed by atoms with van der Waals surface area (Å²) in [5.41, 5.74) is 0.664. The molecule has 0 amide bonds. The Morgan fingerprint density at radius 3 is 2.80 bits per heavy atom. The van der Waals surface area contributed by atoms with Crippen LogP contribution in [0.3, 0.4) is 0 Å². The molecule has 0 radical (unpaired) electrons. The van der Waals surface area contributed by atoms with E-state index in [2.05, 4.69) is 4.98 Å². The summed E-state index contributed by atoms with van der Waals surface area (Å²) in [6.07, 6.45) is 3.25. The van der Waals surface area contributed by atoms with Crippen LogP contribution in [0.15, 0.2) is 35.4 Å². The summed E-state index contributed by atoms with van der Waals surface area (Å²) in [4.78, 5) is 13.8. The minimum Gasteiger partial charge on any atom is -0.313 e. The van der Waals surface area contributed by atoms with Crippen LogP contribution in [0.1, 0.15) is 5.56 Å². The Bertz CT molecular complexity index is 530. The molecule has 0 saturated heterocycles. The molecule has 1 heterocycles. The van der Waals surface area contributed by atoms with E-state index in [9.17, 15) is 4.79 Å². The van der Waals surface area contributed by atoms with Crippen LogP contribution < -0.4 is 5.69 Å². The third-order valence-corrected chi connectivity index (χ3v) is 2.95. The predicted molar refractivity (Wildman–Crippen MR) is 60.6 cm³/mol. The SMILES string of the molecule is O=c1[nH]ccn1Cc1cccc(Cl)c1Cl. The number of hydrogen-bond acceptors (Lipinski definition) is 1. The van der Waals surface area contributed by atoms with Crippen molar-refractivity contribution in [1.29, 1.82) is 0 Å². The van der Waals surface area contributed by atoms with Crippen LogP contribution in [0.2, 0.25) is 10.0 Å². The van der Waals surface area contributed by atoms with Crippen molar-refractivity contribution in [2.45, 2.75) is 6.54 Å². The zero-order chi connectivity index (χ0) is 10.8. The summed E-state index contributed by atoms with van der Waals surface area (Å²) in [7, 11) is 0. The van der Waals surface area contributed by atoms with Crippen LogP contribution in [0, 0.1) is 0 Å². The van der Waals surface area contributed by atoms with Crippen molar-refractivity contribution in [3.05, 3.63) is 56.7 Å². The zero-order valence-corrected chi connectivity index (χ0v) is 9.22. The molecule has 15 heavy (non-hydrogen) atoms. The average molecular weight is 243 g/mol. The Morgan fingerprint density at radius 2 is 2.13 bits per heavy atom. The number of imidazole rings is 1. The maximum Gasteiger partial charge on any atom is 0.325 e. The molecule has 1 N–H and O–H groups in total. The molecule has 5 heteroatoms. The van der Waals surface area contributed by atoms with Gasteiger partial charge >= 0.3 is 5.69 Å². The van der Waals surface area contributed by atoms with Gasteiger partial charge in [-0.15, -0.1) is 0 Å². The van der Waals surface area contributed by atoms with Crippen molar-refractivity contribution in [1.82, 2.24) is 9.55 Å². The van der Waals surface area contributed by atoms with Crippen LogP contribution >= 0.6 is 23.2 Å². The standard InChI is InChI=1S/C10H8Cl2N2O/c11-8-3-1-2-7(9(8)12)6-14-5-4-13-10(14)15/h1-5H,6H2,(H,13,15). The maximum absolute atomic E-state index is 11.3. The van der Waals surface area contributed by atoms with Gasteiger partial charge in [0.1, 0.15) is 0 Å². The molecule has 1 aromatic heterocycles. The normalized spacial score (nSPS) is 10.5. The monoisotopic (exact) mass is 242 g/mol. The molecule has 0 aliphatic carbocycles. The van der Waals surface area contributed by atoms with Crippen LogP contribution in [-0.4, -0.2) is 9.55 Å². The maximum atomic E-state index is 11.3. The quantitative estimate of drug-likeness (QED) is 0.864. The average Bonchev–Trinajstić information content (AvgIpc) is 2.60. The number of nitrogens with one attached hydrogen (secondary N) is 1. The molecule has 2 rings (SSSR count). The van der Waals surface area contributed by atoms with E-state index >= 15 is 0 Å². The molecule has 78 valence electrons. The van der Waals surface area contributed by atoms with Crippen molar-refractivity contribution in [2.75, 3.05) is 0 Å². The van der Waals surface area contributed by atoms with Crippen LogP contribution in [-0.2, 0) is 6.54 Å². The smallest absolute Gasteiger partial charge is 0.313 e. The largest absolute Gasteiger partial charge is 0.325 e. The minimum atomic E-state index is -0.161. The van der Waals surface area contributed by atoms with Gasteiger partial charge in [0.25, 0.3) is 0 Å². The van der Waals surface area contributed by atoms with Crippen molar-refractivity contribution in [2.24, 2.45) is 0 Å². The fourth-order valence-corrected chi connectivity index (χ4v) is 1.71. The molecule has 0 fully saturated rings. The van der Waals surface area contributed by atoms with Crippen molar-refractivity contribution in [3.63, 3.8) is 0 Å². The number of halogens is 2. The zero-order valence-electron chi connectivity index (χ0n) is 7.71. The highest BCUT2D eigenvalue weighted by Crippen LogP contribution is 2.25. The number of hydrogen-bond donors (Lipinski definition) is 1. The molecule has 0 aliphatic rings. The van der Waals surface area contributed by atoms with Crippen LogP contribution in [0.4, 0.5) is 0 Å². The fraction of sp³-hybridized carbons (Fsp3) is 0.100. The van der Waals surface area contributed by atoms with Gasteiger partial charge in [-0.3, -0.25) is 4.57 Å². The summed E-state index contributed by atoms with van der Waals surface area (Å²) in [6, 6.07) is 5.36. The van der Waals surface area contributed by atoms with Crippen molar-refractivity contribution < 1.29 is 0 Å². The molecule has 0 aliphatic heterocycles. The first-order valence-corrected chi connectivity index (χ1v) is 5.11. The molecule has 0 spiro atoms. The molecule has 0 atom stereocenters. The summed E-state index contributed by atoms with van der Waals surface area (Å²) < 4.78 is 1.53. The molecule has 1 aromatic carbocycles. The number of rotatable bonds is 2. The lowest BCUT2D eigenvalue weighted by atomic mass is 10.2. The summed E-state index contributed by atoms with van der Waals surface area (Å²) in [6.45, 7) is 0.418. The topological polar surface area (TPSA) is 37.8 Å². The number of aromatic amines is 1. The number of aromatic nitrogens is 2. The third kappa shape index (κ3) is 2.08. The second kappa shape index (κ2) is 4.13. The second-order valence-corrected chi connectivity index (χ2v) is 3.89. The molecule has 0 saturated carbocycles. The second-order valence-electron chi connectivity index (χ2n) is 3.11. The summed E-state index contributed by atoms with van der Waals surface area (Å²) in [5.74, 6) is 0. The van der Waals surface area contributed by atoms with E-state index in [-0.39, 0.29) is 5.69 Å². The fourth-order valence-electron chi connectivity index (χ4n) is 1.33. The van der Waals surface area contributed by atoms with E-state index < -0.39 is 0 Å². The van der Waals surface area contributed by atoms with Gasteiger partial charge in [-0.1, -0.05) is 35.3 Å². The highest BCUT2D eigenvalue weighted by Gasteiger charge is 2.05. The minimum absolute atomic E-state index is 0.161. The van der Waals surface area contributed by atoms with E-state index in [1.54, 1.807) is 24.5 Å². The number of nitrogens with zero attached hydrogens (tertiary/aromatic N) is 1. The lowest BCUT2D eigenvalue weighted by Gasteiger charge is -2.05. The lowest BCUT2D eigenvalue weighted by Crippen LogP contribution is -2.16. The van der Waals surface area contributed by atoms with Gasteiger partial charge in [0.15, 0.2) is 0 Å². The molecule has 2 aromatic rings. The Kier molecular flexibility index (Phi) is 2.84. The lowest BCUT2D eigenvalue weighted by molar-refractivity contribution is 0.762. The van der Waals surface area contributed by atoms with E-state index in [0.717, 1.165) is 5.56 Å². The predicted octanol–water partition coefficient (Wildman–Crippen LogP) is 2.53. The summed E-state index contributed by atoms with van der Waals surface area (Å²) >= 11 is 11.9. The Hall–Kier alpha value is -1.19. The molecular formula is C10H8Cl2N2O. The first kappa shape index (κ1) is 10.3. The third-order valence-electron chi connectivity index (χ3n) is 2.09. The van der Waals surface area contributed by atoms with Crippen LogP contribution in [0.5, 0.6) is 0 Å². The summed E-state index contributed by atoms with van der Waals surface area (Å²) in [5, 5.41) is 0.991. The van der Waals surface area contributed by atoms with E-state index in [4.69, 9.17) is 23.2 Å².